The maximum Gasteiger partial charge on any atom is 0.131 e. The first kappa shape index (κ1) is 16.2. The van der Waals surface area contributed by atoms with Crippen LogP contribution in [0.2, 0.25) is 0 Å². The maximum atomic E-state index is 12.9. The third-order valence-corrected chi connectivity index (χ3v) is 6.73. The van der Waals surface area contributed by atoms with Crippen LogP contribution in [0.5, 0.6) is 0 Å². The van der Waals surface area contributed by atoms with Crippen LogP contribution in [0.1, 0.15) is 58.4 Å². The Balaban J connectivity index is 2.18. The molecule has 0 unspecified atom stereocenters. The number of benzene rings is 1. The summed E-state index contributed by atoms with van der Waals surface area (Å²) >= 11 is 0. The summed E-state index contributed by atoms with van der Waals surface area (Å²) in [6.07, 6.45) is 0. The number of pyridine rings is 1. The maximum absolute atomic E-state index is 12.9. The second-order valence-corrected chi connectivity index (χ2v) is 8.28. The first-order valence-corrected chi connectivity index (χ1v) is 8.30. The first-order valence-electron chi connectivity index (χ1n) is 8.30. The molecule has 0 aliphatic heterocycles. The van der Waals surface area contributed by atoms with Crippen LogP contribution in [-0.4, -0.2) is 4.98 Å². The summed E-state index contributed by atoms with van der Waals surface area (Å²) in [5.74, 6) is 0. The van der Waals surface area contributed by atoms with Crippen LogP contribution in [0.3, 0.4) is 0 Å². The highest BCUT2D eigenvalue weighted by Crippen LogP contribution is 2.61. The zero-order chi connectivity index (χ0) is 17.0. The summed E-state index contributed by atoms with van der Waals surface area (Å²) in [5, 5.41) is 0. The Labute approximate surface area is 139 Å². The van der Waals surface area contributed by atoms with Crippen molar-refractivity contribution in [1.29, 1.82) is 0 Å². The van der Waals surface area contributed by atoms with E-state index in [-0.39, 0.29) is 16.2 Å². The SMILES string of the molecule is CC1(C)c2ccc(-c3cccc(CF)n3)cc2C(C)(C)C1(C)C. The molecule has 23 heavy (non-hydrogen) atoms. The Morgan fingerprint density at radius 2 is 1.52 bits per heavy atom. The van der Waals surface area contributed by atoms with E-state index in [0.29, 0.717) is 5.69 Å². The van der Waals surface area contributed by atoms with Crippen LogP contribution in [0, 0.1) is 5.41 Å². The topological polar surface area (TPSA) is 12.9 Å². The van der Waals surface area contributed by atoms with Crippen molar-refractivity contribution in [2.75, 3.05) is 0 Å². The molecule has 1 aliphatic carbocycles. The molecule has 1 aromatic carbocycles. The zero-order valence-corrected chi connectivity index (χ0v) is 15.0. The van der Waals surface area contributed by atoms with Crippen molar-refractivity contribution in [1.82, 2.24) is 4.98 Å². The van der Waals surface area contributed by atoms with Crippen molar-refractivity contribution in [3.8, 4) is 11.3 Å². The number of hydrogen-bond acceptors (Lipinski definition) is 1. The summed E-state index contributed by atoms with van der Waals surface area (Å²) < 4.78 is 12.9. The number of rotatable bonds is 2. The van der Waals surface area contributed by atoms with Gasteiger partial charge in [-0.25, -0.2) is 4.39 Å². The molecule has 0 saturated heterocycles. The van der Waals surface area contributed by atoms with Gasteiger partial charge in [-0.2, -0.15) is 0 Å². The summed E-state index contributed by atoms with van der Waals surface area (Å²) in [7, 11) is 0. The third kappa shape index (κ3) is 2.07. The van der Waals surface area contributed by atoms with Gasteiger partial charge < -0.3 is 0 Å². The summed E-state index contributed by atoms with van der Waals surface area (Å²) in [6.45, 7) is 13.5. The molecule has 1 heterocycles. The molecule has 0 amide bonds. The van der Waals surface area contributed by atoms with Crippen molar-refractivity contribution in [2.45, 2.75) is 59.0 Å². The minimum atomic E-state index is -0.523. The van der Waals surface area contributed by atoms with Crippen LogP contribution >= 0.6 is 0 Å². The highest BCUT2D eigenvalue weighted by molar-refractivity contribution is 5.64. The predicted octanol–water partition coefficient (Wildman–Crippen LogP) is 5.81. The normalized spacial score (nSPS) is 20.3. The first-order chi connectivity index (χ1) is 10.6. The predicted molar refractivity (Wildman–Crippen MR) is 94.3 cm³/mol. The van der Waals surface area contributed by atoms with Crippen molar-refractivity contribution >= 4 is 0 Å². The van der Waals surface area contributed by atoms with Gasteiger partial charge in [-0.1, -0.05) is 59.7 Å². The molecule has 122 valence electrons. The Bertz CT molecular complexity index is 756. The van der Waals surface area contributed by atoms with Crippen LogP contribution in [0.4, 0.5) is 4.39 Å². The quantitative estimate of drug-likeness (QED) is 0.681. The number of halogens is 1. The molecule has 1 aliphatic rings. The molecule has 2 aromatic rings. The Morgan fingerprint density at radius 3 is 2.17 bits per heavy atom. The summed E-state index contributed by atoms with van der Waals surface area (Å²) in [4.78, 5) is 4.43. The van der Waals surface area contributed by atoms with E-state index in [2.05, 4.69) is 64.7 Å². The average molecular weight is 311 g/mol. The monoisotopic (exact) mass is 311 g/mol. The minimum Gasteiger partial charge on any atom is -0.250 e. The summed E-state index contributed by atoms with van der Waals surface area (Å²) in [6, 6.07) is 12.2. The van der Waals surface area contributed by atoms with Gasteiger partial charge in [0.05, 0.1) is 11.4 Å². The summed E-state index contributed by atoms with van der Waals surface area (Å²) in [5.41, 5.74) is 5.54. The van der Waals surface area contributed by atoms with E-state index >= 15 is 0 Å². The molecule has 0 atom stereocenters. The molecular formula is C21H26FN. The standard InChI is InChI=1S/C21H26FN/c1-19(2)16-11-10-14(18-9-7-8-15(13-22)23-18)12-17(16)20(3,4)21(19,5)6/h7-12H,13H2,1-6H3. The second-order valence-electron chi connectivity index (χ2n) is 8.28. The van der Waals surface area contributed by atoms with E-state index in [0.717, 1.165) is 11.3 Å². The smallest absolute Gasteiger partial charge is 0.131 e. The van der Waals surface area contributed by atoms with Crippen LogP contribution < -0.4 is 0 Å². The van der Waals surface area contributed by atoms with E-state index in [1.807, 2.05) is 12.1 Å². The Hall–Kier alpha value is -1.70. The lowest BCUT2D eigenvalue weighted by Gasteiger charge is -2.44. The highest BCUT2D eigenvalue weighted by atomic mass is 19.1. The van der Waals surface area contributed by atoms with Gasteiger partial charge in [-0.15, -0.1) is 0 Å². The van der Waals surface area contributed by atoms with Crippen LogP contribution in [0.25, 0.3) is 11.3 Å². The van der Waals surface area contributed by atoms with E-state index < -0.39 is 6.67 Å². The lowest BCUT2D eigenvalue weighted by molar-refractivity contribution is 0.125. The highest BCUT2D eigenvalue weighted by Gasteiger charge is 2.56. The molecule has 2 heteroatoms. The van der Waals surface area contributed by atoms with Crippen molar-refractivity contribution in [2.24, 2.45) is 5.41 Å². The van der Waals surface area contributed by atoms with Gasteiger partial charge in [-0.05, 0) is 45.6 Å². The van der Waals surface area contributed by atoms with Crippen LogP contribution in [0.15, 0.2) is 36.4 Å². The molecule has 0 N–H and O–H groups in total. The van der Waals surface area contributed by atoms with Crippen LogP contribution in [-0.2, 0) is 17.5 Å². The van der Waals surface area contributed by atoms with Crippen molar-refractivity contribution in [3.63, 3.8) is 0 Å². The van der Waals surface area contributed by atoms with Gasteiger partial charge in [0.15, 0.2) is 0 Å². The fraction of sp³-hybridized carbons (Fsp3) is 0.476. The minimum absolute atomic E-state index is 0.0690. The van der Waals surface area contributed by atoms with Gasteiger partial charge in [0, 0.05) is 5.56 Å². The fourth-order valence-corrected chi connectivity index (χ4v) is 3.94. The molecule has 0 saturated carbocycles. The molecule has 3 rings (SSSR count). The van der Waals surface area contributed by atoms with Gasteiger partial charge in [0.1, 0.15) is 6.67 Å². The molecule has 0 spiro atoms. The van der Waals surface area contributed by atoms with Crippen molar-refractivity contribution in [3.05, 3.63) is 53.2 Å². The lowest BCUT2D eigenvalue weighted by Crippen LogP contribution is -2.42. The lowest BCUT2D eigenvalue weighted by atomic mass is 9.59. The molecule has 0 bridgehead atoms. The van der Waals surface area contributed by atoms with E-state index in [4.69, 9.17) is 0 Å². The zero-order valence-electron chi connectivity index (χ0n) is 15.0. The number of aromatic nitrogens is 1. The third-order valence-electron chi connectivity index (χ3n) is 6.73. The largest absolute Gasteiger partial charge is 0.250 e. The number of nitrogens with zero attached hydrogens (tertiary/aromatic N) is 1. The molecular weight excluding hydrogens is 285 g/mol. The molecule has 1 nitrogen and oxygen atoms in total. The van der Waals surface area contributed by atoms with Gasteiger partial charge >= 0.3 is 0 Å². The van der Waals surface area contributed by atoms with E-state index in [1.54, 1.807) is 6.07 Å². The average Bonchev–Trinajstić information content (AvgIpc) is 2.63. The second kappa shape index (κ2) is 4.90. The van der Waals surface area contributed by atoms with Gasteiger partial charge in [0.2, 0.25) is 0 Å². The van der Waals surface area contributed by atoms with E-state index in [9.17, 15) is 4.39 Å². The van der Waals surface area contributed by atoms with Crippen molar-refractivity contribution < 1.29 is 4.39 Å². The molecule has 1 aromatic heterocycles. The molecule has 0 radical (unpaired) electrons. The number of alkyl halides is 1. The van der Waals surface area contributed by atoms with E-state index in [1.165, 1.54) is 11.1 Å². The number of hydrogen-bond donors (Lipinski definition) is 0. The fourth-order valence-electron chi connectivity index (χ4n) is 3.94. The molecule has 0 fully saturated rings. The van der Waals surface area contributed by atoms with Gasteiger partial charge in [0.25, 0.3) is 0 Å². The Kier molecular flexibility index (Phi) is 3.44. The van der Waals surface area contributed by atoms with Gasteiger partial charge in [-0.3, -0.25) is 4.98 Å². The Morgan fingerprint density at radius 1 is 0.870 bits per heavy atom. The number of fused-ring (bicyclic) bond motifs is 1.